The van der Waals surface area contributed by atoms with Crippen LogP contribution < -0.4 is 5.32 Å². The smallest absolute Gasteiger partial charge is 0.341 e. The minimum Gasteiger partial charge on any atom is -0.394 e. The first-order chi connectivity index (χ1) is 9.42. The van der Waals surface area contributed by atoms with Crippen LogP contribution in [0.4, 0.5) is 4.79 Å². The van der Waals surface area contributed by atoms with Gasteiger partial charge in [0.05, 0.1) is 18.4 Å². The molecule has 0 heterocycles. The topological polar surface area (TPSA) is 160 Å². The number of nitrogens with one attached hydrogen (secondary N) is 1. The molecule has 11 heteroatoms. The van der Waals surface area contributed by atoms with Crippen LogP contribution in [0.25, 0.3) is 0 Å². The second-order valence-corrected chi connectivity index (χ2v) is 4.11. The summed E-state index contributed by atoms with van der Waals surface area (Å²) < 4.78 is 0. The molecule has 0 aliphatic rings. The van der Waals surface area contributed by atoms with Gasteiger partial charge in [0.15, 0.2) is 0 Å². The molecule has 0 bridgehead atoms. The summed E-state index contributed by atoms with van der Waals surface area (Å²) >= 11 is 5.32. The number of hydrogen-bond donors (Lipinski definition) is 5. The molecule has 20 heavy (non-hydrogen) atoms. The first-order valence-electron chi connectivity index (χ1n) is 5.50. The third-order valence-electron chi connectivity index (χ3n) is 2.37. The van der Waals surface area contributed by atoms with Gasteiger partial charge in [0.2, 0.25) is 0 Å². The summed E-state index contributed by atoms with van der Waals surface area (Å²) in [5, 5.41) is 41.4. The molecule has 5 N–H and O–H groups in total. The Labute approximate surface area is 118 Å². The molecule has 0 aromatic rings. The number of aldehydes is 1. The second-order valence-electron chi connectivity index (χ2n) is 3.74. The fraction of sp³-hybridized carbons (Fsp3) is 0.778. The maximum absolute atomic E-state index is 11.5. The number of rotatable bonds is 9. The Morgan fingerprint density at radius 1 is 1.35 bits per heavy atom. The number of urea groups is 1. The van der Waals surface area contributed by atoms with E-state index in [0.29, 0.717) is 5.01 Å². The van der Waals surface area contributed by atoms with Gasteiger partial charge in [-0.1, -0.05) is 0 Å². The highest BCUT2D eigenvalue weighted by Crippen LogP contribution is 2.05. The lowest BCUT2D eigenvalue weighted by Crippen LogP contribution is -2.55. The molecule has 0 rings (SSSR count). The summed E-state index contributed by atoms with van der Waals surface area (Å²) in [7, 11) is 0. The van der Waals surface area contributed by atoms with Crippen LogP contribution in [0.1, 0.15) is 0 Å². The van der Waals surface area contributed by atoms with E-state index in [9.17, 15) is 24.7 Å². The number of alkyl halides is 1. The van der Waals surface area contributed by atoms with Crippen LogP contribution in [0.5, 0.6) is 0 Å². The molecule has 4 atom stereocenters. The summed E-state index contributed by atoms with van der Waals surface area (Å²) in [5.74, 6) is -0.0840. The molecule has 0 fully saturated rings. The maximum atomic E-state index is 11.5. The highest BCUT2D eigenvalue weighted by atomic mass is 35.5. The van der Waals surface area contributed by atoms with Crippen molar-refractivity contribution in [2.45, 2.75) is 24.4 Å². The van der Waals surface area contributed by atoms with Crippen molar-refractivity contribution in [3.8, 4) is 0 Å². The number of hydrogen-bond acceptors (Lipinski definition) is 8. The van der Waals surface area contributed by atoms with Crippen molar-refractivity contribution in [3.63, 3.8) is 0 Å². The molecule has 2 amide bonds. The second kappa shape index (κ2) is 9.55. The first-order valence-corrected chi connectivity index (χ1v) is 6.04. The van der Waals surface area contributed by atoms with Crippen LogP contribution in [-0.2, 0) is 4.79 Å². The molecule has 0 aliphatic heterocycles. The normalized spacial score (nSPS) is 16.6. The third-order valence-corrected chi connectivity index (χ3v) is 2.53. The number of halogens is 1. The van der Waals surface area contributed by atoms with E-state index in [1.165, 1.54) is 0 Å². The molecule has 10 nitrogen and oxygen atoms in total. The number of nitrogens with zero attached hydrogens (tertiary/aromatic N) is 2. The van der Waals surface area contributed by atoms with Gasteiger partial charge in [0.1, 0.15) is 30.6 Å². The quantitative estimate of drug-likeness (QED) is 0.137. The van der Waals surface area contributed by atoms with Crippen LogP contribution in [0.2, 0.25) is 0 Å². The van der Waals surface area contributed by atoms with Gasteiger partial charge in [0.25, 0.3) is 0 Å². The summed E-state index contributed by atoms with van der Waals surface area (Å²) in [6, 6.07) is -2.72. The van der Waals surface area contributed by atoms with Crippen molar-refractivity contribution in [2.24, 2.45) is 5.29 Å². The van der Waals surface area contributed by atoms with Gasteiger partial charge >= 0.3 is 6.03 Å². The van der Waals surface area contributed by atoms with Crippen molar-refractivity contribution >= 4 is 23.9 Å². The number of carbonyl (C=O) groups excluding carboxylic acids is 2. The minimum absolute atomic E-state index is 0.0840. The van der Waals surface area contributed by atoms with Crippen LogP contribution in [-0.4, -0.2) is 81.1 Å². The van der Waals surface area contributed by atoms with E-state index < -0.39 is 37.0 Å². The Bertz CT molecular complexity index is 333. The Morgan fingerprint density at radius 2 is 1.95 bits per heavy atom. The largest absolute Gasteiger partial charge is 0.394 e. The molecule has 0 aliphatic carbocycles. The number of nitroso groups, excluding NO2 is 1. The molecule has 0 saturated heterocycles. The van der Waals surface area contributed by atoms with Crippen LogP contribution in [0, 0.1) is 4.91 Å². The van der Waals surface area contributed by atoms with E-state index in [4.69, 9.17) is 21.8 Å². The molecule has 116 valence electrons. The van der Waals surface area contributed by atoms with Crippen LogP contribution in [0.3, 0.4) is 0 Å². The van der Waals surface area contributed by atoms with Crippen molar-refractivity contribution in [2.75, 3.05) is 19.0 Å². The highest BCUT2D eigenvalue weighted by molar-refractivity contribution is 6.18. The average Bonchev–Trinajstić information content (AvgIpc) is 2.47. The monoisotopic (exact) mass is 313 g/mol. The van der Waals surface area contributed by atoms with Gasteiger partial charge in [-0.15, -0.1) is 16.5 Å². The summed E-state index contributed by atoms with van der Waals surface area (Å²) in [5.41, 5.74) is 0. The predicted molar refractivity (Wildman–Crippen MR) is 66.7 cm³/mol. The lowest BCUT2D eigenvalue weighted by atomic mass is 10.0. The molecule has 0 saturated carbocycles. The molecular formula is C9H16ClN3O7. The zero-order valence-electron chi connectivity index (χ0n) is 10.3. The van der Waals surface area contributed by atoms with Crippen molar-refractivity contribution < 1.29 is 30.0 Å². The Morgan fingerprint density at radius 3 is 2.35 bits per heavy atom. The van der Waals surface area contributed by atoms with E-state index in [1.54, 1.807) is 0 Å². The third kappa shape index (κ3) is 5.35. The molecule has 0 aromatic heterocycles. The van der Waals surface area contributed by atoms with Crippen molar-refractivity contribution in [3.05, 3.63) is 4.91 Å². The highest BCUT2D eigenvalue weighted by Gasteiger charge is 2.32. The molecule has 1 unspecified atom stereocenters. The van der Waals surface area contributed by atoms with E-state index in [-0.39, 0.29) is 18.7 Å². The Balaban J connectivity index is 4.72. The Hall–Kier alpha value is -1.33. The van der Waals surface area contributed by atoms with Gasteiger partial charge in [-0.05, 0) is 0 Å². The number of aliphatic hydroxyl groups excluding tert-OH is 4. The maximum Gasteiger partial charge on any atom is 0.341 e. The molecular weight excluding hydrogens is 298 g/mol. The average molecular weight is 314 g/mol. The van der Waals surface area contributed by atoms with E-state index in [1.807, 2.05) is 5.32 Å². The van der Waals surface area contributed by atoms with E-state index >= 15 is 0 Å². The first kappa shape index (κ1) is 18.7. The van der Waals surface area contributed by atoms with Gasteiger partial charge in [-0.3, -0.25) is 0 Å². The lowest BCUT2D eigenvalue weighted by molar-refractivity contribution is -0.119. The van der Waals surface area contributed by atoms with Crippen LogP contribution >= 0.6 is 11.6 Å². The molecule has 0 aromatic carbocycles. The van der Waals surface area contributed by atoms with Gasteiger partial charge in [0, 0.05) is 5.88 Å². The number of aliphatic hydroxyl groups is 4. The summed E-state index contributed by atoms with van der Waals surface area (Å²) in [6.07, 6.45) is -5.36. The number of amides is 2. The predicted octanol–water partition coefficient (Wildman–Crippen LogP) is -2.44. The van der Waals surface area contributed by atoms with E-state index in [0.717, 1.165) is 0 Å². The van der Waals surface area contributed by atoms with Crippen molar-refractivity contribution in [1.29, 1.82) is 0 Å². The minimum atomic E-state index is -1.89. The van der Waals surface area contributed by atoms with Crippen LogP contribution in [0.15, 0.2) is 5.29 Å². The molecule has 0 spiro atoms. The molecule has 0 radical (unpaired) electrons. The van der Waals surface area contributed by atoms with Gasteiger partial charge < -0.3 is 30.5 Å². The van der Waals surface area contributed by atoms with E-state index in [2.05, 4.69) is 5.29 Å². The zero-order chi connectivity index (χ0) is 15.7. The van der Waals surface area contributed by atoms with Crippen molar-refractivity contribution in [1.82, 2.24) is 10.3 Å². The zero-order valence-corrected chi connectivity index (χ0v) is 11.0. The van der Waals surface area contributed by atoms with Gasteiger partial charge in [-0.25, -0.2) is 4.79 Å². The summed E-state index contributed by atoms with van der Waals surface area (Å²) in [6.45, 7) is -1.08. The lowest BCUT2D eigenvalue weighted by Gasteiger charge is -2.26. The Kier molecular flexibility index (Phi) is 8.92. The SMILES string of the molecule is O=C[C@H](NC(=O)N(CCCl)N=O)[C@H](O)[C@@H](O)C(O)CO. The van der Waals surface area contributed by atoms with Gasteiger partial charge in [-0.2, -0.15) is 5.01 Å². The fourth-order valence-corrected chi connectivity index (χ4v) is 1.38. The summed E-state index contributed by atoms with van der Waals surface area (Å²) in [4.78, 5) is 32.6. The fourth-order valence-electron chi connectivity index (χ4n) is 1.22. The number of carbonyl (C=O) groups is 2. The standard InChI is InChI=1S/C9H16ClN3O7/c10-1-2-13(12-20)9(19)11-5(3-14)7(17)8(18)6(16)4-15/h3,5-8,15-18H,1-2,4H2,(H,11,19)/t5-,6?,7-,8-/m0/s1.